The molecule has 1 heterocycles. The molecule has 0 saturated carbocycles. The first-order chi connectivity index (χ1) is 9.60. The Morgan fingerprint density at radius 1 is 1.48 bits per heavy atom. The average molecular weight is 311 g/mol. The number of nitrogens with zero attached hydrogens (tertiary/aromatic N) is 2. The Hall–Kier alpha value is -2.05. The number of rotatable bonds is 5. The third kappa shape index (κ3) is 4.47. The molecule has 0 unspecified atom stereocenters. The van der Waals surface area contributed by atoms with Crippen LogP contribution in [0.15, 0.2) is 30.6 Å². The summed E-state index contributed by atoms with van der Waals surface area (Å²) in [6.07, 6.45) is 3.37. The van der Waals surface area contributed by atoms with Crippen molar-refractivity contribution >= 4 is 29.7 Å². The van der Waals surface area contributed by atoms with Gasteiger partial charge in [-0.05, 0) is 24.6 Å². The normalized spacial score (nSPS) is 10.0. The number of halogens is 1. The molecule has 0 aliphatic carbocycles. The average Bonchev–Trinajstić information content (AvgIpc) is 2.86. The molecule has 1 amide bonds. The fraction of sp³-hybridized carbons (Fsp3) is 0.286. The highest BCUT2D eigenvalue weighted by molar-refractivity contribution is 6.05. The van der Waals surface area contributed by atoms with Gasteiger partial charge in [0.05, 0.1) is 25.0 Å². The summed E-state index contributed by atoms with van der Waals surface area (Å²) in [6.45, 7) is 3.09. The van der Waals surface area contributed by atoms with Crippen LogP contribution in [0.2, 0.25) is 0 Å². The molecule has 0 bridgehead atoms. The van der Waals surface area contributed by atoms with E-state index in [2.05, 4.69) is 10.4 Å². The molecule has 7 heteroatoms. The molecule has 0 atom stereocenters. The number of nitrogens with one attached hydrogen (secondary N) is 1. The van der Waals surface area contributed by atoms with E-state index < -0.39 is 0 Å². The second-order valence-electron chi connectivity index (χ2n) is 4.51. The summed E-state index contributed by atoms with van der Waals surface area (Å²) in [5.74, 6) is -0.193. The Balaban J connectivity index is 0.00000220. The van der Waals surface area contributed by atoms with Gasteiger partial charge in [0.1, 0.15) is 0 Å². The number of ether oxygens (including phenoxy) is 1. The number of hydrogen-bond acceptors (Lipinski definition) is 4. The number of amides is 1. The smallest absolute Gasteiger partial charge is 0.256 e. The van der Waals surface area contributed by atoms with Crippen molar-refractivity contribution in [2.75, 3.05) is 24.8 Å². The molecular formula is C14H19ClN4O2. The molecule has 0 spiro atoms. The number of benzene rings is 1. The molecule has 2 rings (SSSR count). The quantitative estimate of drug-likeness (QED) is 0.829. The maximum atomic E-state index is 12.2. The second kappa shape index (κ2) is 7.66. The van der Waals surface area contributed by atoms with Gasteiger partial charge in [-0.25, -0.2) is 0 Å². The number of aryl methyl sites for hydroxylation is 1. The molecule has 114 valence electrons. The summed E-state index contributed by atoms with van der Waals surface area (Å²) in [7, 11) is 1.63. The third-order valence-electron chi connectivity index (χ3n) is 2.92. The van der Waals surface area contributed by atoms with Crippen LogP contribution >= 0.6 is 12.4 Å². The van der Waals surface area contributed by atoms with Gasteiger partial charge in [0.25, 0.3) is 5.91 Å². The maximum Gasteiger partial charge on any atom is 0.256 e. The summed E-state index contributed by atoms with van der Waals surface area (Å²) < 4.78 is 6.69. The number of anilines is 2. The maximum absolute atomic E-state index is 12.2. The van der Waals surface area contributed by atoms with Crippen molar-refractivity contribution < 1.29 is 9.53 Å². The minimum absolute atomic E-state index is 0. The number of methoxy groups -OCH3 is 1. The fourth-order valence-electron chi connectivity index (χ4n) is 1.82. The van der Waals surface area contributed by atoms with Crippen LogP contribution in [-0.4, -0.2) is 29.4 Å². The monoisotopic (exact) mass is 310 g/mol. The van der Waals surface area contributed by atoms with E-state index in [1.165, 1.54) is 0 Å². The van der Waals surface area contributed by atoms with E-state index >= 15 is 0 Å². The highest BCUT2D eigenvalue weighted by Gasteiger charge is 2.10. The van der Waals surface area contributed by atoms with Gasteiger partial charge in [0, 0.05) is 24.6 Å². The van der Waals surface area contributed by atoms with E-state index in [4.69, 9.17) is 10.5 Å². The molecule has 6 nitrogen and oxygen atoms in total. The van der Waals surface area contributed by atoms with Crippen LogP contribution in [0.3, 0.4) is 0 Å². The Kier molecular flexibility index (Phi) is 6.20. The van der Waals surface area contributed by atoms with Gasteiger partial charge in [-0.1, -0.05) is 6.07 Å². The minimum atomic E-state index is -0.193. The summed E-state index contributed by atoms with van der Waals surface area (Å²) in [5, 5.41) is 6.94. The van der Waals surface area contributed by atoms with Gasteiger partial charge in [-0.3, -0.25) is 9.48 Å². The largest absolute Gasteiger partial charge is 0.399 e. The molecule has 0 aliphatic heterocycles. The van der Waals surface area contributed by atoms with Crippen molar-refractivity contribution in [1.29, 1.82) is 0 Å². The predicted molar refractivity (Wildman–Crippen MR) is 84.9 cm³/mol. The molecule has 1 aromatic carbocycles. The first-order valence-corrected chi connectivity index (χ1v) is 6.29. The SMILES string of the molecule is COCCn1cc(NC(=O)c2cc(N)ccc2C)cn1.Cl. The lowest BCUT2D eigenvalue weighted by Gasteiger charge is -2.06. The van der Waals surface area contributed by atoms with E-state index in [0.29, 0.717) is 30.1 Å². The number of aromatic nitrogens is 2. The topological polar surface area (TPSA) is 82.2 Å². The van der Waals surface area contributed by atoms with E-state index in [0.717, 1.165) is 5.56 Å². The van der Waals surface area contributed by atoms with Crippen molar-refractivity contribution in [3.63, 3.8) is 0 Å². The van der Waals surface area contributed by atoms with E-state index in [1.54, 1.807) is 36.3 Å². The highest BCUT2D eigenvalue weighted by Crippen LogP contribution is 2.15. The molecule has 0 aliphatic rings. The Morgan fingerprint density at radius 2 is 2.24 bits per heavy atom. The molecule has 0 saturated heterocycles. The van der Waals surface area contributed by atoms with Gasteiger partial charge in [0.2, 0.25) is 0 Å². The standard InChI is InChI=1S/C14H18N4O2.ClH/c1-10-3-4-11(15)7-13(10)14(19)17-12-8-16-18(9-12)5-6-20-2;/h3-4,7-9H,5-6,15H2,1-2H3,(H,17,19);1H. The van der Waals surface area contributed by atoms with Gasteiger partial charge in [-0.2, -0.15) is 5.10 Å². The van der Waals surface area contributed by atoms with E-state index in [9.17, 15) is 4.79 Å². The van der Waals surface area contributed by atoms with E-state index in [1.807, 2.05) is 13.0 Å². The van der Waals surface area contributed by atoms with Gasteiger partial charge < -0.3 is 15.8 Å². The molecular weight excluding hydrogens is 292 g/mol. The number of nitrogen functional groups attached to an aromatic ring is 1. The van der Waals surface area contributed by atoms with Crippen LogP contribution in [0.5, 0.6) is 0 Å². The molecule has 0 fully saturated rings. The second-order valence-corrected chi connectivity index (χ2v) is 4.51. The zero-order chi connectivity index (χ0) is 14.5. The molecule has 21 heavy (non-hydrogen) atoms. The minimum Gasteiger partial charge on any atom is -0.399 e. The van der Waals surface area contributed by atoms with Crippen LogP contribution in [0.1, 0.15) is 15.9 Å². The number of hydrogen-bond donors (Lipinski definition) is 2. The van der Waals surface area contributed by atoms with Crippen LogP contribution in [0.4, 0.5) is 11.4 Å². The number of carbonyl (C=O) groups is 1. The predicted octanol–water partition coefficient (Wildman–Crippen LogP) is 2.09. The Labute approximate surface area is 129 Å². The lowest BCUT2D eigenvalue weighted by molar-refractivity contribution is 0.102. The Bertz CT molecular complexity index is 613. The molecule has 3 N–H and O–H groups in total. The first-order valence-electron chi connectivity index (χ1n) is 6.29. The summed E-state index contributed by atoms with van der Waals surface area (Å²) in [4.78, 5) is 12.2. The Morgan fingerprint density at radius 3 is 2.95 bits per heavy atom. The van der Waals surface area contributed by atoms with Crippen molar-refractivity contribution in [3.8, 4) is 0 Å². The van der Waals surface area contributed by atoms with Crippen molar-refractivity contribution in [3.05, 3.63) is 41.7 Å². The van der Waals surface area contributed by atoms with Crippen molar-refractivity contribution in [2.45, 2.75) is 13.5 Å². The van der Waals surface area contributed by atoms with E-state index in [-0.39, 0.29) is 18.3 Å². The number of carbonyl (C=O) groups excluding carboxylic acids is 1. The van der Waals surface area contributed by atoms with Crippen LogP contribution in [-0.2, 0) is 11.3 Å². The van der Waals surface area contributed by atoms with Crippen LogP contribution < -0.4 is 11.1 Å². The summed E-state index contributed by atoms with van der Waals surface area (Å²) >= 11 is 0. The molecule has 1 aromatic heterocycles. The molecule has 2 aromatic rings. The first kappa shape index (κ1) is 17.0. The van der Waals surface area contributed by atoms with Crippen molar-refractivity contribution in [1.82, 2.24) is 9.78 Å². The zero-order valence-electron chi connectivity index (χ0n) is 12.0. The van der Waals surface area contributed by atoms with Gasteiger partial charge in [0.15, 0.2) is 0 Å². The lowest BCUT2D eigenvalue weighted by atomic mass is 10.1. The lowest BCUT2D eigenvalue weighted by Crippen LogP contribution is -2.13. The number of nitrogens with two attached hydrogens (primary N) is 1. The third-order valence-corrected chi connectivity index (χ3v) is 2.92. The molecule has 0 radical (unpaired) electrons. The van der Waals surface area contributed by atoms with Crippen LogP contribution in [0.25, 0.3) is 0 Å². The highest BCUT2D eigenvalue weighted by atomic mass is 35.5. The van der Waals surface area contributed by atoms with Crippen LogP contribution in [0, 0.1) is 6.92 Å². The summed E-state index contributed by atoms with van der Waals surface area (Å²) in [5.41, 5.74) is 8.36. The van der Waals surface area contributed by atoms with Gasteiger partial charge in [-0.15, -0.1) is 12.4 Å². The zero-order valence-corrected chi connectivity index (χ0v) is 12.8. The van der Waals surface area contributed by atoms with Gasteiger partial charge >= 0.3 is 0 Å². The van der Waals surface area contributed by atoms with Crippen molar-refractivity contribution in [2.24, 2.45) is 0 Å². The fourth-order valence-corrected chi connectivity index (χ4v) is 1.82. The summed E-state index contributed by atoms with van der Waals surface area (Å²) in [6, 6.07) is 5.27.